The number of ether oxygens (including phenoxy) is 1. The molecule has 4 nitrogen and oxygen atoms in total. The van der Waals surface area contributed by atoms with Crippen LogP contribution >= 0.6 is 24.0 Å². The van der Waals surface area contributed by atoms with Crippen molar-refractivity contribution in [2.75, 3.05) is 31.2 Å². The van der Waals surface area contributed by atoms with Gasteiger partial charge in [0.15, 0.2) is 0 Å². The highest BCUT2D eigenvalue weighted by atomic mass is 32.2. The van der Waals surface area contributed by atoms with Gasteiger partial charge in [0, 0.05) is 18.8 Å². The molecule has 0 spiro atoms. The second kappa shape index (κ2) is 8.25. The molecule has 0 N–H and O–H groups in total. The zero-order valence-electron chi connectivity index (χ0n) is 14.8. The molecule has 6 heteroatoms. The van der Waals surface area contributed by atoms with Crippen LogP contribution < -0.4 is 4.90 Å². The predicted molar refractivity (Wildman–Crippen MR) is 115 cm³/mol. The number of hydrogen-bond donors (Lipinski definition) is 0. The van der Waals surface area contributed by atoms with Crippen molar-refractivity contribution in [1.82, 2.24) is 4.90 Å². The number of carbonyl (C=O) groups excluding carboxylic acids is 1. The van der Waals surface area contributed by atoms with E-state index in [0.717, 1.165) is 37.4 Å². The highest BCUT2D eigenvalue weighted by molar-refractivity contribution is 8.26. The number of thioether (sulfide) groups is 1. The molecule has 0 aliphatic carbocycles. The molecule has 2 aromatic rings. The molecule has 2 aliphatic heterocycles. The fraction of sp³-hybridized carbons (Fsp3) is 0.238. The lowest BCUT2D eigenvalue weighted by molar-refractivity contribution is -0.122. The van der Waals surface area contributed by atoms with E-state index in [4.69, 9.17) is 17.0 Å². The van der Waals surface area contributed by atoms with E-state index < -0.39 is 0 Å². The number of rotatable bonds is 4. The lowest BCUT2D eigenvalue weighted by Crippen LogP contribution is -2.36. The van der Waals surface area contributed by atoms with Crippen molar-refractivity contribution in [3.63, 3.8) is 0 Å². The van der Waals surface area contributed by atoms with E-state index in [1.165, 1.54) is 17.4 Å². The van der Waals surface area contributed by atoms with E-state index in [1.807, 2.05) is 36.4 Å². The van der Waals surface area contributed by atoms with Gasteiger partial charge < -0.3 is 9.64 Å². The third kappa shape index (κ3) is 4.24. The van der Waals surface area contributed by atoms with Crippen molar-refractivity contribution in [2.24, 2.45) is 0 Å². The number of thiocarbonyl (C=S) groups is 1. The topological polar surface area (TPSA) is 32.8 Å². The van der Waals surface area contributed by atoms with Crippen LogP contribution in [0.5, 0.6) is 0 Å². The van der Waals surface area contributed by atoms with Crippen LogP contribution in [0.2, 0.25) is 0 Å². The Bertz CT molecular complexity index is 860. The van der Waals surface area contributed by atoms with Gasteiger partial charge in [0.25, 0.3) is 5.91 Å². The van der Waals surface area contributed by atoms with Gasteiger partial charge in [-0.1, -0.05) is 66.4 Å². The fourth-order valence-electron chi connectivity index (χ4n) is 3.16. The number of carbonyl (C=O) groups is 1. The first kappa shape index (κ1) is 18.2. The predicted octanol–water partition coefficient (Wildman–Crippen LogP) is 3.92. The van der Waals surface area contributed by atoms with Gasteiger partial charge in [-0.15, -0.1) is 0 Å². The third-order valence-electron chi connectivity index (χ3n) is 4.62. The minimum Gasteiger partial charge on any atom is -0.378 e. The molecule has 2 fully saturated rings. The Morgan fingerprint density at radius 3 is 2.44 bits per heavy atom. The van der Waals surface area contributed by atoms with Gasteiger partial charge in [-0.05, 0) is 29.3 Å². The van der Waals surface area contributed by atoms with Gasteiger partial charge in [0.1, 0.15) is 4.32 Å². The molecule has 0 atom stereocenters. The van der Waals surface area contributed by atoms with E-state index >= 15 is 0 Å². The number of amides is 1. The molecule has 0 aromatic heterocycles. The van der Waals surface area contributed by atoms with Gasteiger partial charge in [0.05, 0.1) is 24.7 Å². The summed E-state index contributed by atoms with van der Waals surface area (Å²) in [7, 11) is 0. The summed E-state index contributed by atoms with van der Waals surface area (Å²) in [5.74, 6) is -0.0221. The third-order valence-corrected chi connectivity index (χ3v) is 6.00. The number of hydrogen-bond acceptors (Lipinski definition) is 5. The zero-order valence-corrected chi connectivity index (χ0v) is 16.5. The van der Waals surface area contributed by atoms with E-state index in [2.05, 4.69) is 29.2 Å². The minimum atomic E-state index is -0.0221. The second-order valence-electron chi connectivity index (χ2n) is 6.44. The summed E-state index contributed by atoms with van der Waals surface area (Å²) in [5.41, 5.74) is 3.27. The Balaban J connectivity index is 1.47. The maximum absolute atomic E-state index is 12.8. The van der Waals surface area contributed by atoms with E-state index in [-0.39, 0.29) is 5.91 Å². The highest BCUT2D eigenvalue weighted by Crippen LogP contribution is 2.33. The fourth-order valence-corrected chi connectivity index (χ4v) is 4.41. The first-order chi connectivity index (χ1) is 13.2. The van der Waals surface area contributed by atoms with Gasteiger partial charge in [-0.2, -0.15) is 0 Å². The number of nitrogens with zero attached hydrogens (tertiary/aromatic N) is 2. The average Bonchev–Trinajstić information content (AvgIpc) is 2.97. The zero-order chi connectivity index (χ0) is 18.6. The Hall–Kier alpha value is -2.15. The Morgan fingerprint density at radius 1 is 1.04 bits per heavy atom. The quantitative estimate of drug-likeness (QED) is 0.578. The number of anilines is 1. The van der Waals surface area contributed by atoms with Crippen molar-refractivity contribution in [3.05, 3.63) is 70.6 Å². The molecule has 2 aliphatic rings. The van der Waals surface area contributed by atoms with E-state index in [0.29, 0.717) is 15.8 Å². The van der Waals surface area contributed by atoms with Gasteiger partial charge >= 0.3 is 0 Å². The van der Waals surface area contributed by atoms with Gasteiger partial charge in [0.2, 0.25) is 0 Å². The van der Waals surface area contributed by atoms with Crippen molar-refractivity contribution in [2.45, 2.75) is 6.54 Å². The number of benzene rings is 2. The first-order valence-corrected chi connectivity index (χ1v) is 10.2. The number of morpholine rings is 1. The summed E-state index contributed by atoms with van der Waals surface area (Å²) in [5, 5.41) is 0. The summed E-state index contributed by atoms with van der Waals surface area (Å²) >= 11 is 6.79. The monoisotopic (exact) mass is 396 g/mol. The SMILES string of the molecule is O=C1C(=Cc2ccc(N3CCOCC3)cc2)SC(=S)N1Cc1ccccc1. The van der Waals surface area contributed by atoms with Crippen LogP contribution in [0.15, 0.2) is 59.5 Å². The standard InChI is InChI=1S/C21H20N2O2S2/c24-20-19(27-21(26)23(20)15-17-4-2-1-3-5-17)14-16-6-8-18(9-7-16)22-10-12-25-13-11-22/h1-9,14H,10-13,15H2. The van der Waals surface area contributed by atoms with Crippen molar-refractivity contribution >= 4 is 46.0 Å². The van der Waals surface area contributed by atoms with Crippen LogP contribution in [-0.4, -0.2) is 41.4 Å². The lowest BCUT2D eigenvalue weighted by Gasteiger charge is -2.28. The Kier molecular flexibility index (Phi) is 5.57. The minimum absolute atomic E-state index is 0.0221. The molecule has 2 saturated heterocycles. The van der Waals surface area contributed by atoms with E-state index in [9.17, 15) is 4.79 Å². The molecule has 0 bridgehead atoms. The summed E-state index contributed by atoms with van der Waals surface area (Å²) in [4.78, 5) is 17.4. The molecule has 0 unspecified atom stereocenters. The Morgan fingerprint density at radius 2 is 1.74 bits per heavy atom. The van der Waals surface area contributed by atoms with Crippen LogP contribution in [0, 0.1) is 0 Å². The second-order valence-corrected chi connectivity index (χ2v) is 8.12. The van der Waals surface area contributed by atoms with Crippen LogP contribution in [0.4, 0.5) is 5.69 Å². The van der Waals surface area contributed by atoms with Crippen molar-refractivity contribution < 1.29 is 9.53 Å². The summed E-state index contributed by atoms with van der Waals surface area (Å²) < 4.78 is 6.01. The highest BCUT2D eigenvalue weighted by Gasteiger charge is 2.31. The molecule has 27 heavy (non-hydrogen) atoms. The van der Waals surface area contributed by atoms with Crippen LogP contribution in [0.25, 0.3) is 6.08 Å². The Labute approximate surface area is 168 Å². The summed E-state index contributed by atoms with van der Waals surface area (Å²) in [6.07, 6.45) is 1.92. The molecule has 138 valence electrons. The van der Waals surface area contributed by atoms with Gasteiger partial charge in [-0.25, -0.2) is 0 Å². The smallest absolute Gasteiger partial charge is 0.266 e. The molecule has 1 amide bonds. The lowest BCUT2D eigenvalue weighted by atomic mass is 10.1. The molecule has 0 saturated carbocycles. The molecule has 4 rings (SSSR count). The molecular formula is C21H20N2O2S2. The molecule has 0 radical (unpaired) electrons. The normalized spacial score (nSPS) is 19.2. The maximum Gasteiger partial charge on any atom is 0.266 e. The van der Waals surface area contributed by atoms with Crippen molar-refractivity contribution in [1.29, 1.82) is 0 Å². The van der Waals surface area contributed by atoms with Gasteiger partial charge in [-0.3, -0.25) is 9.69 Å². The molecule has 2 heterocycles. The van der Waals surface area contributed by atoms with Crippen LogP contribution in [0.3, 0.4) is 0 Å². The first-order valence-electron chi connectivity index (χ1n) is 8.93. The molecular weight excluding hydrogens is 376 g/mol. The largest absolute Gasteiger partial charge is 0.378 e. The van der Waals surface area contributed by atoms with Crippen LogP contribution in [0.1, 0.15) is 11.1 Å². The molecule has 2 aromatic carbocycles. The summed E-state index contributed by atoms with van der Waals surface area (Å²) in [6.45, 7) is 3.88. The average molecular weight is 397 g/mol. The van der Waals surface area contributed by atoms with Crippen molar-refractivity contribution in [3.8, 4) is 0 Å². The van der Waals surface area contributed by atoms with Crippen LogP contribution in [-0.2, 0) is 16.1 Å². The summed E-state index contributed by atoms with van der Waals surface area (Å²) in [6, 6.07) is 18.2. The van der Waals surface area contributed by atoms with E-state index in [1.54, 1.807) is 4.90 Å². The maximum atomic E-state index is 12.8.